The van der Waals surface area contributed by atoms with Crippen molar-refractivity contribution in [1.82, 2.24) is 20.0 Å². The van der Waals surface area contributed by atoms with E-state index in [0.717, 1.165) is 27.8 Å². The van der Waals surface area contributed by atoms with Gasteiger partial charge in [0.15, 0.2) is 5.82 Å². The summed E-state index contributed by atoms with van der Waals surface area (Å²) in [4.78, 5) is 55.3. The standard InChI is InChI=1S/C32H29N5O6/c1-36(32-26-8-2-3-9-27(26)34-31(35-32)24-7-4-17-33-22-24)18-21-42-25-12-10-23(11-13-25)6-5-19-41-20-16-30(40)43-37-28(38)14-15-29(37)39/h2-4,7-13,17,22H,14-16,18-21H2,1H3. The largest absolute Gasteiger partial charge is 0.492 e. The molecule has 0 aliphatic carbocycles. The monoisotopic (exact) mass is 579 g/mol. The first-order valence-corrected chi connectivity index (χ1v) is 13.7. The van der Waals surface area contributed by atoms with Crippen LogP contribution < -0.4 is 9.64 Å². The van der Waals surface area contributed by atoms with E-state index >= 15 is 0 Å². The van der Waals surface area contributed by atoms with Crippen molar-refractivity contribution >= 4 is 34.5 Å². The number of aromatic nitrogens is 3. The van der Waals surface area contributed by atoms with Crippen LogP contribution >= 0.6 is 0 Å². The van der Waals surface area contributed by atoms with Crippen molar-refractivity contribution in [3.8, 4) is 29.0 Å². The van der Waals surface area contributed by atoms with E-state index in [1.165, 1.54) is 0 Å². The zero-order valence-electron chi connectivity index (χ0n) is 23.6. The number of ether oxygens (including phenoxy) is 2. The maximum atomic E-state index is 11.8. The first kappa shape index (κ1) is 29.2. The molecule has 5 rings (SSSR count). The molecule has 0 unspecified atom stereocenters. The highest BCUT2D eigenvalue weighted by molar-refractivity contribution is 6.01. The minimum absolute atomic E-state index is 0.0546. The molecule has 11 heteroatoms. The van der Waals surface area contributed by atoms with E-state index in [0.29, 0.717) is 29.8 Å². The fraction of sp³-hybridized carbons (Fsp3) is 0.250. The van der Waals surface area contributed by atoms with Gasteiger partial charge in [-0.15, -0.1) is 5.06 Å². The first-order chi connectivity index (χ1) is 21.0. The van der Waals surface area contributed by atoms with Crippen molar-refractivity contribution in [3.63, 3.8) is 0 Å². The molecule has 11 nitrogen and oxygen atoms in total. The summed E-state index contributed by atoms with van der Waals surface area (Å²) in [6, 6.07) is 19.1. The van der Waals surface area contributed by atoms with Crippen molar-refractivity contribution in [3.05, 3.63) is 78.6 Å². The molecule has 1 aliphatic rings. The minimum Gasteiger partial charge on any atom is -0.492 e. The number of amides is 2. The number of imide groups is 1. The van der Waals surface area contributed by atoms with Gasteiger partial charge in [0.05, 0.1) is 25.1 Å². The Balaban J connectivity index is 1.07. The lowest BCUT2D eigenvalue weighted by molar-refractivity contribution is -0.198. The molecule has 1 aliphatic heterocycles. The van der Waals surface area contributed by atoms with Crippen molar-refractivity contribution in [2.45, 2.75) is 19.3 Å². The number of fused-ring (bicyclic) bond motifs is 1. The van der Waals surface area contributed by atoms with Gasteiger partial charge >= 0.3 is 5.97 Å². The van der Waals surface area contributed by atoms with Gasteiger partial charge in [-0.1, -0.05) is 24.0 Å². The van der Waals surface area contributed by atoms with E-state index in [9.17, 15) is 14.4 Å². The molecule has 0 atom stereocenters. The number of anilines is 1. The minimum atomic E-state index is -0.710. The third-order valence-electron chi connectivity index (χ3n) is 6.47. The molecular weight excluding hydrogens is 550 g/mol. The lowest BCUT2D eigenvalue weighted by Crippen LogP contribution is -2.32. The van der Waals surface area contributed by atoms with Gasteiger partial charge in [-0.2, -0.15) is 0 Å². The summed E-state index contributed by atoms with van der Waals surface area (Å²) in [6.07, 6.45) is 3.49. The van der Waals surface area contributed by atoms with Crippen LogP contribution in [-0.4, -0.2) is 71.2 Å². The lowest BCUT2D eigenvalue weighted by atomic mass is 10.2. The number of hydrogen-bond donors (Lipinski definition) is 0. The summed E-state index contributed by atoms with van der Waals surface area (Å²) < 4.78 is 11.3. The van der Waals surface area contributed by atoms with Gasteiger partial charge in [0.2, 0.25) is 0 Å². The maximum Gasteiger partial charge on any atom is 0.335 e. The highest BCUT2D eigenvalue weighted by atomic mass is 16.7. The van der Waals surface area contributed by atoms with Crippen LogP contribution in [0.1, 0.15) is 24.8 Å². The third-order valence-corrected chi connectivity index (χ3v) is 6.47. The number of para-hydroxylation sites is 1. The Bertz CT molecular complexity index is 1650. The van der Waals surface area contributed by atoms with Gasteiger partial charge in [0.25, 0.3) is 11.8 Å². The van der Waals surface area contributed by atoms with Crippen LogP contribution in [0.3, 0.4) is 0 Å². The molecule has 4 aromatic rings. The zero-order valence-corrected chi connectivity index (χ0v) is 23.6. The molecule has 0 radical (unpaired) electrons. The molecule has 1 fully saturated rings. The van der Waals surface area contributed by atoms with Gasteiger partial charge in [-0.3, -0.25) is 14.6 Å². The second-order valence-corrected chi connectivity index (χ2v) is 9.57. The van der Waals surface area contributed by atoms with Gasteiger partial charge in [-0.05, 0) is 48.5 Å². The Hall–Kier alpha value is -5.34. The summed E-state index contributed by atoms with van der Waals surface area (Å²) in [5.41, 5.74) is 2.49. The fourth-order valence-electron chi connectivity index (χ4n) is 4.24. The summed E-state index contributed by atoms with van der Waals surface area (Å²) in [7, 11) is 1.98. The Morgan fingerprint density at radius 1 is 0.977 bits per heavy atom. The van der Waals surface area contributed by atoms with Crippen LogP contribution in [0, 0.1) is 11.8 Å². The van der Waals surface area contributed by atoms with E-state index in [1.54, 1.807) is 12.4 Å². The molecule has 1 saturated heterocycles. The van der Waals surface area contributed by atoms with Crippen LogP contribution in [0.15, 0.2) is 73.1 Å². The highest BCUT2D eigenvalue weighted by Crippen LogP contribution is 2.26. The van der Waals surface area contributed by atoms with Gasteiger partial charge in [-0.25, -0.2) is 14.8 Å². The molecule has 2 amide bonds. The predicted molar refractivity (Wildman–Crippen MR) is 157 cm³/mol. The van der Waals surface area contributed by atoms with Crippen molar-refractivity contribution < 1.29 is 28.7 Å². The number of pyridine rings is 1. The molecule has 43 heavy (non-hydrogen) atoms. The number of hydroxylamine groups is 2. The average Bonchev–Trinajstić information content (AvgIpc) is 3.35. The number of carbonyl (C=O) groups is 3. The lowest BCUT2D eigenvalue weighted by Gasteiger charge is -2.21. The first-order valence-electron chi connectivity index (χ1n) is 13.7. The Morgan fingerprint density at radius 3 is 2.53 bits per heavy atom. The molecule has 0 bridgehead atoms. The average molecular weight is 580 g/mol. The summed E-state index contributed by atoms with van der Waals surface area (Å²) in [6.45, 7) is 1.21. The highest BCUT2D eigenvalue weighted by Gasteiger charge is 2.32. The number of carbonyl (C=O) groups excluding carboxylic acids is 3. The number of likely N-dealkylation sites (N-methyl/N-ethyl adjacent to an activating group) is 1. The van der Waals surface area contributed by atoms with E-state index in [4.69, 9.17) is 24.3 Å². The van der Waals surface area contributed by atoms with E-state index < -0.39 is 17.8 Å². The number of hydrogen-bond acceptors (Lipinski definition) is 10. The fourth-order valence-corrected chi connectivity index (χ4v) is 4.24. The number of rotatable bonds is 11. The van der Waals surface area contributed by atoms with Crippen molar-refractivity contribution in [2.24, 2.45) is 0 Å². The molecular formula is C32H29N5O6. The second kappa shape index (κ2) is 14.0. The SMILES string of the molecule is CN(CCOc1ccc(C#CCOCCC(=O)ON2C(=O)CCC2=O)cc1)c1nc(-c2cccnc2)nc2ccccc12. The van der Waals surface area contributed by atoms with E-state index in [-0.39, 0.29) is 32.5 Å². The molecule has 218 valence electrons. The van der Waals surface area contributed by atoms with Crippen molar-refractivity contribution in [1.29, 1.82) is 0 Å². The summed E-state index contributed by atoms with van der Waals surface area (Å²) in [5, 5.41) is 1.48. The summed E-state index contributed by atoms with van der Waals surface area (Å²) >= 11 is 0. The Labute approximate surface area is 248 Å². The molecule has 0 N–H and O–H groups in total. The summed E-state index contributed by atoms with van der Waals surface area (Å²) in [5.74, 6) is 6.28. The number of benzene rings is 2. The van der Waals surface area contributed by atoms with Gasteiger partial charge in [0, 0.05) is 48.8 Å². The Morgan fingerprint density at radius 2 is 1.77 bits per heavy atom. The van der Waals surface area contributed by atoms with E-state index in [1.807, 2.05) is 67.7 Å². The van der Waals surface area contributed by atoms with Gasteiger partial charge < -0.3 is 19.2 Å². The quantitative estimate of drug-likeness (QED) is 0.148. The second-order valence-electron chi connectivity index (χ2n) is 9.57. The Kier molecular flexibility index (Phi) is 9.51. The smallest absolute Gasteiger partial charge is 0.335 e. The van der Waals surface area contributed by atoms with E-state index in [2.05, 4.69) is 21.7 Å². The normalized spacial score (nSPS) is 12.6. The molecule has 2 aromatic heterocycles. The molecule has 2 aromatic carbocycles. The van der Waals surface area contributed by atoms with Gasteiger partial charge in [0.1, 0.15) is 24.8 Å². The number of nitrogens with zero attached hydrogens (tertiary/aromatic N) is 5. The van der Waals surface area contributed by atoms with Crippen LogP contribution in [0.4, 0.5) is 5.82 Å². The molecule has 3 heterocycles. The molecule has 0 spiro atoms. The maximum absolute atomic E-state index is 11.8. The van der Waals surface area contributed by atoms with Crippen LogP contribution in [0.5, 0.6) is 5.75 Å². The predicted octanol–water partition coefficient (Wildman–Crippen LogP) is 3.57. The molecule has 0 saturated carbocycles. The topological polar surface area (TPSA) is 124 Å². The van der Waals surface area contributed by atoms with Crippen LogP contribution in [-0.2, 0) is 24.0 Å². The third kappa shape index (κ3) is 7.69. The zero-order chi connectivity index (χ0) is 30.0. The van der Waals surface area contributed by atoms with Crippen LogP contribution in [0.25, 0.3) is 22.3 Å². The van der Waals surface area contributed by atoms with Crippen molar-refractivity contribution in [2.75, 3.05) is 38.3 Å². The van der Waals surface area contributed by atoms with Crippen LogP contribution in [0.2, 0.25) is 0 Å².